The van der Waals surface area contributed by atoms with Crippen LogP contribution in [0.5, 0.6) is 0 Å². The molecule has 1 fully saturated rings. The molecule has 0 amide bonds. The lowest BCUT2D eigenvalue weighted by Gasteiger charge is -2.08. The summed E-state index contributed by atoms with van der Waals surface area (Å²) in [4.78, 5) is 11.9. The Morgan fingerprint density at radius 1 is 1.35 bits per heavy atom. The Hall–Kier alpha value is -0.520. The first-order valence-electron chi connectivity index (χ1n) is 6.90. The van der Waals surface area contributed by atoms with Gasteiger partial charge in [-0.3, -0.25) is 9.00 Å². The summed E-state index contributed by atoms with van der Waals surface area (Å²) in [5.74, 6) is 1.32. The van der Waals surface area contributed by atoms with Crippen molar-refractivity contribution < 1.29 is 13.7 Å². The summed E-state index contributed by atoms with van der Waals surface area (Å²) >= 11 is 3.34. The predicted molar refractivity (Wildman–Crippen MR) is 84.6 cm³/mol. The van der Waals surface area contributed by atoms with Gasteiger partial charge in [0.05, 0.1) is 6.10 Å². The van der Waals surface area contributed by atoms with Crippen LogP contribution in [0, 0.1) is 0 Å². The maximum atomic E-state index is 11.9. The van der Waals surface area contributed by atoms with Crippen LogP contribution in [0.2, 0.25) is 0 Å². The van der Waals surface area contributed by atoms with E-state index in [4.69, 9.17) is 4.74 Å². The van der Waals surface area contributed by atoms with Crippen molar-refractivity contribution in [2.45, 2.75) is 31.8 Å². The third-order valence-corrected chi connectivity index (χ3v) is 5.35. The number of ketones is 1. The molecule has 3 nitrogen and oxygen atoms in total. The first-order valence-corrected chi connectivity index (χ1v) is 9.18. The summed E-state index contributed by atoms with van der Waals surface area (Å²) < 4.78 is 18.3. The van der Waals surface area contributed by atoms with Crippen molar-refractivity contribution in [3.8, 4) is 0 Å². The minimum Gasteiger partial charge on any atom is -0.377 e. The van der Waals surface area contributed by atoms with Crippen LogP contribution in [0.15, 0.2) is 28.7 Å². The number of Topliss-reactive ketones (excluding diaryl/α,β-unsaturated/α-hetero) is 1. The van der Waals surface area contributed by atoms with Gasteiger partial charge in [0.1, 0.15) is 0 Å². The van der Waals surface area contributed by atoms with E-state index in [-0.39, 0.29) is 11.9 Å². The summed E-state index contributed by atoms with van der Waals surface area (Å²) in [6.07, 6.45) is 3.39. The van der Waals surface area contributed by atoms with Gasteiger partial charge < -0.3 is 4.74 Å². The topological polar surface area (TPSA) is 43.4 Å². The van der Waals surface area contributed by atoms with Crippen molar-refractivity contribution in [2.75, 3.05) is 18.1 Å². The molecule has 2 atom stereocenters. The highest BCUT2D eigenvalue weighted by Gasteiger charge is 2.18. The van der Waals surface area contributed by atoms with E-state index in [2.05, 4.69) is 15.9 Å². The fourth-order valence-corrected chi connectivity index (χ4v) is 3.82. The standard InChI is InChI=1S/C15H19BrO3S/c16-13-7-5-12(6-8-13)15(17)4-2-10-20(18)11-14-3-1-9-19-14/h5-8,14H,1-4,9-11H2. The molecule has 0 aromatic heterocycles. The van der Waals surface area contributed by atoms with Gasteiger partial charge >= 0.3 is 0 Å². The fourth-order valence-electron chi connectivity index (χ4n) is 2.24. The molecule has 2 unspecified atom stereocenters. The number of carbonyl (C=O) groups is 1. The first-order chi connectivity index (χ1) is 9.65. The zero-order chi connectivity index (χ0) is 14.4. The maximum absolute atomic E-state index is 11.9. The molecule has 0 bridgehead atoms. The van der Waals surface area contributed by atoms with E-state index in [1.54, 1.807) is 0 Å². The third-order valence-electron chi connectivity index (χ3n) is 3.34. The average Bonchev–Trinajstić information content (AvgIpc) is 2.92. The Kier molecular flexibility index (Phi) is 6.39. The normalized spacial score (nSPS) is 19.9. The van der Waals surface area contributed by atoms with Gasteiger partial charge in [-0.2, -0.15) is 0 Å². The number of benzene rings is 1. The van der Waals surface area contributed by atoms with Gasteiger partial charge in [0, 0.05) is 45.4 Å². The van der Waals surface area contributed by atoms with Crippen molar-refractivity contribution in [1.82, 2.24) is 0 Å². The molecule has 1 aliphatic heterocycles. The zero-order valence-electron chi connectivity index (χ0n) is 11.3. The Labute approximate surface area is 130 Å². The molecule has 20 heavy (non-hydrogen) atoms. The maximum Gasteiger partial charge on any atom is 0.162 e. The highest BCUT2D eigenvalue weighted by molar-refractivity contribution is 9.10. The van der Waals surface area contributed by atoms with E-state index in [1.165, 1.54) is 0 Å². The minimum absolute atomic E-state index is 0.117. The number of hydrogen-bond acceptors (Lipinski definition) is 3. The van der Waals surface area contributed by atoms with Crippen LogP contribution in [-0.4, -0.2) is 34.2 Å². The Morgan fingerprint density at radius 3 is 2.75 bits per heavy atom. The van der Waals surface area contributed by atoms with E-state index in [0.717, 1.165) is 29.5 Å². The summed E-state index contributed by atoms with van der Waals surface area (Å²) in [6.45, 7) is 0.796. The van der Waals surface area contributed by atoms with Gasteiger partial charge in [-0.1, -0.05) is 28.1 Å². The van der Waals surface area contributed by atoms with Crippen molar-refractivity contribution in [3.63, 3.8) is 0 Å². The van der Waals surface area contributed by atoms with E-state index >= 15 is 0 Å². The molecule has 5 heteroatoms. The largest absolute Gasteiger partial charge is 0.377 e. The zero-order valence-corrected chi connectivity index (χ0v) is 13.7. The van der Waals surface area contributed by atoms with E-state index in [1.807, 2.05) is 24.3 Å². The van der Waals surface area contributed by atoms with E-state index in [0.29, 0.717) is 24.3 Å². The summed E-state index contributed by atoms with van der Waals surface area (Å²) in [6, 6.07) is 7.36. The van der Waals surface area contributed by atoms with Gasteiger partial charge in [-0.15, -0.1) is 0 Å². The van der Waals surface area contributed by atoms with Crippen LogP contribution in [0.4, 0.5) is 0 Å². The van der Waals surface area contributed by atoms with Gasteiger partial charge in [-0.05, 0) is 31.4 Å². The van der Waals surface area contributed by atoms with Gasteiger partial charge in [-0.25, -0.2) is 0 Å². The van der Waals surface area contributed by atoms with E-state index in [9.17, 15) is 9.00 Å². The average molecular weight is 359 g/mol. The van der Waals surface area contributed by atoms with Crippen LogP contribution in [0.3, 0.4) is 0 Å². The van der Waals surface area contributed by atoms with Crippen LogP contribution in [0.1, 0.15) is 36.0 Å². The fraction of sp³-hybridized carbons (Fsp3) is 0.533. The lowest BCUT2D eigenvalue weighted by atomic mass is 10.1. The van der Waals surface area contributed by atoms with Crippen LogP contribution in [0.25, 0.3) is 0 Å². The molecule has 1 aromatic carbocycles. The molecule has 2 rings (SSSR count). The van der Waals surface area contributed by atoms with Crippen molar-refractivity contribution in [1.29, 1.82) is 0 Å². The number of carbonyl (C=O) groups excluding carboxylic acids is 1. The molecule has 0 aliphatic carbocycles. The monoisotopic (exact) mass is 358 g/mol. The Balaban J connectivity index is 1.68. The van der Waals surface area contributed by atoms with Crippen molar-refractivity contribution >= 4 is 32.5 Å². The van der Waals surface area contributed by atoms with Gasteiger partial charge in [0.25, 0.3) is 0 Å². The second-order valence-electron chi connectivity index (χ2n) is 4.98. The number of ether oxygens (including phenoxy) is 1. The lowest BCUT2D eigenvalue weighted by Crippen LogP contribution is -2.17. The lowest BCUT2D eigenvalue weighted by molar-refractivity contribution is 0.0982. The van der Waals surface area contributed by atoms with Gasteiger partial charge in [0.15, 0.2) is 5.78 Å². The second-order valence-corrected chi connectivity index (χ2v) is 7.52. The molecular weight excluding hydrogens is 340 g/mol. The summed E-state index contributed by atoms with van der Waals surface area (Å²) in [7, 11) is -0.871. The summed E-state index contributed by atoms with van der Waals surface area (Å²) in [5.41, 5.74) is 0.720. The van der Waals surface area contributed by atoms with Crippen LogP contribution >= 0.6 is 15.9 Å². The number of rotatable bonds is 7. The highest BCUT2D eigenvalue weighted by atomic mass is 79.9. The Morgan fingerprint density at radius 2 is 2.10 bits per heavy atom. The number of hydrogen-bond donors (Lipinski definition) is 0. The molecule has 0 spiro atoms. The number of halogens is 1. The molecule has 0 saturated carbocycles. The van der Waals surface area contributed by atoms with Crippen molar-refractivity contribution in [3.05, 3.63) is 34.3 Å². The molecule has 1 heterocycles. The first kappa shape index (κ1) is 15.9. The van der Waals surface area contributed by atoms with Crippen LogP contribution < -0.4 is 0 Å². The Bertz CT molecular complexity index is 467. The quantitative estimate of drug-likeness (QED) is 0.702. The minimum atomic E-state index is -0.871. The molecule has 1 aliphatic rings. The molecule has 0 radical (unpaired) electrons. The van der Waals surface area contributed by atoms with Crippen molar-refractivity contribution in [2.24, 2.45) is 0 Å². The van der Waals surface area contributed by atoms with Crippen LogP contribution in [-0.2, 0) is 15.5 Å². The molecule has 1 saturated heterocycles. The molecule has 1 aromatic rings. The molecule has 110 valence electrons. The second kappa shape index (κ2) is 8.05. The highest BCUT2D eigenvalue weighted by Crippen LogP contribution is 2.15. The third kappa shape index (κ3) is 5.11. The van der Waals surface area contributed by atoms with Gasteiger partial charge in [0.2, 0.25) is 0 Å². The summed E-state index contributed by atoms with van der Waals surface area (Å²) in [5, 5.41) is 0. The molecular formula is C15H19BrO3S. The van der Waals surface area contributed by atoms with E-state index < -0.39 is 10.8 Å². The predicted octanol–water partition coefficient (Wildman–Crippen LogP) is 3.34. The SMILES string of the molecule is O=C(CCCS(=O)CC1CCCO1)c1ccc(Br)cc1. The smallest absolute Gasteiger partial charge is 0.162 e. The molecule has 0 N–H and O–H groups in total.